The quantitative estimate of drug-likeness (QED) is 0.683. The van der Waals surface area contributed by atoms with Gasteiger partial charge in [-0.05, 0) is 36.8 Å². The molecule has 0 aliphatic rings. The molecular weight excluding hydrogens is 322 g/mol. The van der Waals surface area contributed by atoms with Crippen molar-refractivity contribution in [3.05, 3.63) is 95.8 Å². The van der Waals surface area contributed by atoms with Crippen LogP contribution in [0.25, 0.3) is 0 Å². The first-order valence-electron chi connectivity index (χ1n) is 8.78. The second kappa shape index (κ2) is 8.92. The molecule has 0 aliphatic heterocycles. The van der Waals surface area contributed by atoms with E-state index in [-0.39, 0.29) is 5.91 Å². The number of nitrogens with one attached hydrogen (secondary N) is 2. The van der Waals surface area contributed by atoms with Crippen molar-refractivity contribution in [1.82, 2.24) is 10.3 Å². The van der Waals surface area contributed by atoms with Crippen LogP contribution in [0.4, 0.5) is 5.69 Å². The molecule has 1 heterocycles. The number of carbonyl (C=O) groups is 1. The summed E-state index contributed by atoms with van der Waals surface area (Å²) in [6.45, 7) is 2.69. The lowest BCUT2D eigenvalue weighted by Gasteiger charge is -2.19. The number of rotatable bonds is 7. The summed E-state index contributed by atoms with van der Waals surface area (Å²) >= 11 is 0. The standard InChI is InChI=1S/C22H23N3O/c1-17-10-12-20(13-11-17)25-22(26)21(18-7-3-2-4-8-18)24-16-14-19-9-5-6-15-23-19/h2-13,15,21,24H,14,16H2,1H3,(H,25,26). The molecule has 0 fully saturated rings. The number of hydrogen-bond donors (Lipinski definition) is 2. The molecule has 1 aromatic heterocycles. The molecule has 1 amide bonds. The number of amides is 1. The van der Waals surface area contributed by atoms with Crippen molar-refractivity contribution < 1.29 is 4.79 Å². The molecule has 4 nitrogen and oxygen atoms in total. The summed E-state index contributed by atoms with van der Waals surface area (Å²) in [5.74, 6) is -0.0685. The molecule has 0 aliphatic carbocycles. The third-order valence-corrected chi connectivity index (χ3v) is 4.17. The van der Waals surface area contributed by atoms with Gasteiger partial charge in [0.1, 0.15) is 6.04 Å². The molecule has 1 atom stereocenters. The van der Waals surface area contributed by atoms with Crippen LogP contribution >= 0.6 is 0 Å². The predicted molar refractivity (Wildman–Crippen MR) is 105 cm³/mol. The maximum Gasteiger partial charge on any atom is 0.246 e. The lowest BCUT2D eigenvalue weighted by atomic mass is 10.1. The summed E-state index contributed by atoms with van der Waals surface area (Å²) in [5.41, 5.74) is 3.91. The van der Waals surface area contributed by atoms with Gasteiger partial charge in [-0.2, -0.15) is 0 Å². The highest BCUT2D eigenvalue weighted by molar-refractivity contribution is 5.95. The molecular formula is C22H23N3O. The number of aromatic nitrogens is 1. The van der Waals surface area contributed by atoms with Crippen LogP contribution in [-0.4, -0.2) is 17.4 Å². The first kappa shape index (κ1) is 17.8. The molecule has 3 aromatic rings. The van der Waals surface area contributed by atoms with E-state index in [2.05, 4.69) is 15.6 Å². The highest BCUT2D eigenvalue weighted by Gasteiger charge is 2.20. The zero-order valence-corrected chi connectivity index (χ0v) is 14.9. The van der Waals surface area contributed by atoms with Crippen LogP contribution in [0.5, 0.6) is 0 Å². The summed E-state index contributed by atoms with van der Waals surface area (Å²) in [6, 6.07) is 23.0. The van der Waals surface area contributed by atoms with Gasteiger partial charge in [0.15, 0.2) is 0 Å². The largest absolute Gasteiger partial charge is 0.324 e. The van der Waals surface area contributed by atoms with Gasteiger partial charge >= 0.3 is 0 Å². The van der Waals surface area contributed by atoms with Gasteiger partial charge in [0.2, 0.25) is 5.91 Å². The number of benzene rings is 2. The predicted octanol–water partition coefficient (Wildman–Crippen LogP) is 3.90. The van der Waals surface area contributed by atoms with Gasteiger partial charge in [0.05, 0.1) is 0 Å². The van der Waals surface area contributed by atoms with Gasteiger partial charge in [-0.3, -0.25) is 9.78 Å². The highest BCUT2D eigenvalue weighted by atomic mass is 16.2. The van der Waals surface area contributed by atoms with Crippen molar-refractivity contribution in [3.8, 4) is 0 Å². The maximum absolute atomic E-state index is 12.9. The second-order valence-corrected chi connectivity index (χ2v) is 6.22. The number of carbonyl (C=O) groups excluding carboxylic acids is 1. The van der Waals surface area contributed by atoms with E-state index in [9.17, 15) is 4.79 Å². The van der Waals surface area contributed by atoms with Crippen molar-refractivity contribution in [2.75, 3.05) is 11.9 Å². The molecule has 3 rings (SSSR count). The molecule has 132 valence electrons. The SMILES string of the molecule is Cc1ccc(NC(=O)C(NCCc2ccccn2)c2ccccc2)cc1. The van der Waals surface area contributed by atoms with Crippen molar-refractivity contribution in [1.29, 1.82) is 0 Å². The van der Waals surface area contributed by atoms with Gasteiger partial charge in [-0.25, -0.2) is 0 Å². The molecule has 0 bridgehead atoms. The fraction of sp³-hybridized carbons (Fsp3) is 0.182. The molecule has 0 radical (unpaired) electrons. The minimum atomic E-state index is -0.416. The van der Waals surface area contributed by atoms with Gasteiger partial charge < -0.3 is 10.6 Å². The summed E-state index contributed by atoms with van der Waals surface area (Å²) in [4.78, 5) is 17.2. The fourth-order valence-electron chi connectivity index (χ4n) is 2.75. The van der Waals surface area contributed by atoms with Gasteiger partial charge in [-0.15, -0.1) is 0 Å². The van der Waals surface area contributed by atoms with E-state index in [0.29, 0.717) is 6.54 Å². The molecule has 2 N–H and O–H groups in total. The number of pyridine rings is 1. The third-order valence-electron chi connectivity index (χ3n) is 4.17. The maximum atomic E-state index is 12.9. The van der Waals surface area contributed by atoms with Crippen molar-refractivity contribution in [2.45, 2.75) is 19.4 Å². The minimum absolute atomic E-state index is 0.0685. The number of aryl methyl sites for hydroxylation is 1. The van der Waals surface area contributed by atoms with E-state index >= 15 is 0 Å². The average Bonchev–Trinajstić information content (AvgIpc) is 2.68. The summed E-state index contributed by atoms with van der Waals surface area (Å²) in [7, 11) is 0. The number of hydrogen-bond acceptors (Lipinski definition) is 3. The highest BCUT2D eigenvalue weighted by Crippen LogP contribution is 2.16. The Kier molecular flexibility index (Phi) is 6.12. The van der Waals surface area contributed by atoms with Crippen LogP contribution in [0, 0.1) is 6.92 Å². The van der Waals surface area contributed by atoms with Crippen molar-refractivity contribution in [2.24, 2.45) is 0 Å². The van der Waals surface area contributed by atoms with Crippen LogP contribution in [-0.2, 0) is 11.2 Å². The Hall–Kier alpha value is -2.98. The second-order valence-electron chi connectivity index (χ2n) is 6.22. The first-order chi connectivity index (χ1) is 12.7. The van der Waals surface area contributed by atoms with E-state index < -0.39 is 6.04 Å². The lowest BCUT2D eigenvalue weighted by Crippen LogP contribution is -2.34. The summed E-state index contributed by atoms with van der Waals surface area (Å²) in [5, 5.41) is 6.36. The van der Waals surface area contributed by atoms with Crippen molar-refractivity contribution >= 4 is 11.6 Å². The van der Waals surface area contributed by atoms with Crippen LogP contribution in [0.3, 0.4) is 0 Å². The fourth-order valence-corrected chi connectivity index (χ4v) is 2.75. The Morgan fingerprint density at radius 1 is 0.962 bits per heavy atom. The van der Waals surface area contributed by atoms with E-state index in [4.69, 9.17) is 0 Å². The zero-order valence-electron chi connectivity index (χ0n) is 14.9. The third kappa shape index (κ3) is 5.01. The van der Waals surface area contributed by atoms with Crippen LogP contribution in [0.2, 0.25) is 0 Å². The Balaban J connectivity index is 1.68. The number of anilines is 1. The molecule has 26 heavy (non-hydrogen) atoms. The topological polar surface area (TPSA) is 54.0 Å². The molecule has 0 saturated carbocycles. The molecule has 1 unspecified atom stereocenters. The van der Waals surface area contributed by atoms with Gasteiger partial charge in [0, 0.05) is 30.5 Å². The summed E-state index contributed by atoms with van der Waals surface area (Å²) in [6.07, 6.45) is 2.55. The summed E-state index contributed by atoms with van der Waals surface area (Å²) < 4.78 is 0. The van der Waals surface area contributed by atoms with E-state index in [1.54, 1.807) is 6.20 Å². The first-order valence-corrected chi connectivity index (χ1v) is 8.78. The normalized spacial score (nSPS) is 11.7. The zero-order chi connectivity index (χ0) is 18.2. The Morgan fingerprint density at radius 3 is 2.38 bits per heavy atom. The van der Waals surface area contributed by atoms with E-state index in [1.807, 2.05) is 79.7 Å². The molecule has 4 heteroatoms. The van der Waals surface area contributed by atoms with Gasteiger partial charge in [0.25, 0.3) is 0 Å². The smallest absolute Gasteiger partial charge is 0.246 e. The number of nitrogens with zero attached hydrogens (tertiary/aromatic N) is 1. The van der Waals surface area contributed by atoms with Crippen molar-refractivity contribution in [3.63, 3.8) is 0 Å². The van der Waals surface area contributed by atoms with Gasteiger partial charge in [-0.1, -0.05) is 54.1 Å². The Morgan fingerprint density at radius 2 is 1.69 bits per heavy atom. The van der Waals surface area contributed by atoms with Crippen LogP contribution < -0.4 is 10.6 Å². The minimum Gasteiger partial charge on any atom is -0.324 e. The Bertz CT molecular complexity index is 817. The molecule has 0 spiro atoms. The monoisotopic (exact) mass is 345 g/mol. The molecule has 0 saturated heterocycles. The molecule has 2 aromatic carbocycles. The van der Waals surface area contributed by atoms with Crippen LogP contribution in [0.15, 0.2) is 79.0 Å². The van der Waals surface area contributed by atoms with E-state index in [0.717, 1.165) is 28.9 Å². The van der Waals surface area contributed by atoms with E-state index in [1.165, 1.54) is 0 Å². The Labute approximate surface area is 154 Å². The lowest BCUT2D eigenvalue weighted by molar-refractivity contribution is -0.118. The average molecular weight is 345 g/mol. The van der Waals surface area contributed by atoms with Crippen LogP contribution in [0.1, 0.15) is 22.9 Å².